The van der Waals surface area contributed by atoms with Crippen LogP contribution in [0.4, 0.5) is 10.1 Å². The second-order valence-electron chi connectivity index (χ2n) is 6.44. The average molecular weight is 437 g/mol. The normalized spacial score (nSPS) is 15.0. The number of benzene rings is 1. The molecule has 0 saturated carbocycles. The van der Waals surface area contributed by atoms with E-state index in [9.17, 15) is 13.4 Å². The summed E-state index contributed by atoms with van der Waals surface area (Å²) in [6.07, 6.45) is 9.29. The van der Waals surface area contributed by atoms with Gasteiger partial charge >= 0.3 is 0 Å². The van der Waals surface area contributed by atoms with Crippen LogP contribution in [0.1, 0.15) is 30.6 Å². The first-order chi connectivity index (χ1) is 13.6. The minimum absolute atomic E-state index is 0.132. The van der Waals surface area contributed by atoms with E-state index >= 15 is 0 Å². The summed E-state index contributed by atoms with van der Waals surface area (Å²) in [5, 5.41) is 1.56. The zero-order chi connectivity index (χ0) is 22.0. The van der Waals surface area contributed by atoms with Crippen LogP contribution in [0, 0.1) is 5.82 Å². The summed E-state index contributed by atoms with van der Waals surface area (Å²) in [7, 11) is -2.62. The van der Waals surface area contributed by atoms with Gasteiger partial charge in [-0.25, -0.2) is 13.3 Å². The molecule has 0 amide bonds. The lowest BCUT2D eigenvalue weighted by Crippen LogP contribution is -2.34. The molecule has 1 N–H and O–H groups in total. The minimum atomic E-state index is -2.62. The van der Waals surface area contributed by atoms with E-state index in [0.717, 1.165) is 4.91 Å². The van der Waals surface area contributed by atoms with Crippen molar-refractivity contribution in [2.45, 2.75) is 26.3 Å². The quantitative estimate of drug-likeness (QED) is 0.287. The number of rotatable bonds is 12. The van der Waals surface area contributed by atoms with Gasteiger partial charge in [-0.05, 0) is 68.9 Å². The van der Waals surface area contributed by atoms with Crippen LogP contribution in [0.3, 0.4) is 0 Å². The Balaban J connectivity index is 2.77. The minimum Gasteiger partial charge on any atom is -0.346 e. The molecule has 2 unspecified atom stereocenters. The summed E-state index contributed by atoms with van der Waals surface area (Å²) in [4.78, 5) is 14.0. The van der Waals surface area contributed by atoms with Gasteiger partial charge in [-0.15, -0.1) is 11.8 Å². The van der Waals surface area contributed by atoms with Gasteiger partial charge in [0.2, 0.25) is 0 Å². The van der Waals surface area contributed by atoms with Crippen LogP contribution in [0.2, 0.25) is 0 Å². The molecule has 0 aliphatic carbocycles. The van der Waals surface area contributed by atoms with Crippen LogP contribution in [-0.4, -0.2) is 34.7 Å². The molecule has 0 aliphatic heterocycles. The monoisotopic (exact) mass is 436 g/mol. The van der Waals surface area contributed by atoms with Crippen LogP contribution in [-0.2, 0) is 9.71 Å². The van der Waals surface area contributed by atoms with Crippen molar-refractivity contribution in [3.05, 3.63) is 77.5 Å². The van der Waals surface area contributed by atoms with Crippen molar-refractivity contribution >= 4 is 38.8 Å². The van der Waals surface area contributed by atoms with Gasteiger partial charge in [0, 0.05) is 38.2 Å². The van der Waals surface area contributed by atoms with Crippen LogP contribution in [0.5, 0.6) is 0 Å². The Morgan fingerprint density at radius 3 is 2.62 bits per heavy atom. The third kappa shape index (κ3) is 8.43. The number of ketones is 1. The van der Waals surface area contributed by atoms with Gasteiger partial charge in [0.05, 0.1) is 5.69 Å². The van der Waals surface area contributed by atoms with Crippen molar-refractivity contribution in [2.24, 2.45) is 0 Å². The topological polar surface area (TPSA) is 49.4 Å². The van der Waals surface area contributed by atoms with Gasteiger partial charge in [0.1, 0.15) is 5.82 Å². The first kappa shape index (κ1) is 24.9. The lowest BCUT2D eigenvalue weighted by molar-refractivity contribution is 0.101. The second-order valence-corrected chi connectivity index (χ2v) is 9.28. The number of carbonyl (C=O) groups excluding carboxylic acids is 1. The number of hydrogen-bond acceptors (Lipinski definition) is 4. The summed E-state index contributed by atoms with van der Waals surface area (Å²) >= 11 is 1.52. The van der Waals surface area contributed by atoms with E-state index in [1.165, 1.54) is 31.0 Å². The molecule has 0 fully saturated rings. The summed E-state index contributed by atoms with van der Waals surface area (Å²) in [6, 6.07) is 4.25. The zero-order valence-corrected chi connectivity index (χ0v) is 18.8. The highest BCUT2D eigenvalue weighted by molar-refractivity contribution is 8.03. The van der Waals surface area contributed by atoms with E-state index in [4.69, 9.17) is 0 Å². The number of hydrogen-bond donors (Lipinski definition) is 1. The summed E-state index contributed by atoms with van der Waals surface area (Å²) in [6.45, 7) is 11.1. The SMILES string of the molecule is C=C/C=C(/C=C/S(=C)(=O)NC(C)CCN(C=C)c1ccc(C(C)=O)cc1F)SC. The van der Waals surface area contributed by atoms with Crippen molar-refractivity contribution in [2.75, 3.05) is 17.7 Å². The molecule has 0 saturated heterocycles. The van der Waals surface area contributed by atoms with Crippen LogP contribution in [0.25, 0.3) is 0 Å². The van der Waals surface area contributed by atoms with Gasteiger partial charge in [0.15, 0.2) is 5.78 Å². The van der Waals surface area contributed by atoms with Crippen LogP contribution >= 0.6 is 11.8 Å². The lowest BCUT2D eigenvalue weighted by atomic mass is 10.1. The number of anilines is 1. The molecule has 0 aromatic heterocycles. The number of thioether (sulfide) groups is 1. The molecule has 7 heteroatoms. The maximum absolute atomic E-state index is 14.4. The van der Waals surface area contributed by atoms with Crippen molar-refractivity contribution < 1.29 is 13.4 Å². The maximum atomic E-state index is 14.4. The smallest absolute Gasteiger partial charge is 0.159 e. The predicted octanol–water partition coefficient (Wildman–Crippen LogP) is 4.92. The molecule has 158 valence electrons. The Kier molecular flexibility index (Phi) is 10.2. The Labute approximate surface area is 178 Å². The molecule has 29 heavy (non-hydrogen) atoms. The zero-order valence-electron chi connectivity index (χ0n) is 17.2. The first-order valence-electron chi connectivity index (χ1n) is 9.02. The largest absolute Gasteiger partial charge is 0.346 e. The fraction of sp³-hybridized carbons (Fsp3) is 0.273. The number of carbonyl (C=O) groups is 1. The van der Waals surface area contributed by atoms with Crippen molar-refractivity contribution in [3.63, 3.8) is 0 Å². The standard InChI is InChI=1S/C22H29FN2O2S2/c1-7-9-20(28-5)13-15-29(6,27)24-17(3)12-14-25(8-2)22-11-10-19(18(4)26)16-21(22)23/h7-11,13,15-17H,1-2,6,12,14H2,3-5H3,(H,24,27)/b15-13+,20-9-. The molecular formula is C22H29FN2O2S2. The molecule has 2 atom stereocenters. The Hall–Kier alpha value is -2.09. The van der Waals surface area contributed by atoms with Gasteiger partial charge < -0.3 is 4.90 Å². The highest BCUT2D eigenvalue weighted by atomic mass is 32.2. The molecule has 4 nitrogen and oxygen atoms in total. The second kappa shape index (κ2) is 11.8. The molecule has 0 radical (unpaired) electrons. The van der Waals surface area contributed by atoms with E-state index in [1.54, 1.807) is 34.6 Å². The third-order valence-electron chi connectivity index (χ3n) is 4.06. The van der Waals surface area contributed by atoms with Crippen LogP contribution in [0.15, 0.2) is 66.1 Å². The number of nitrogens with zero attached hydrogens (tertiary/aromatic N) is 1. The molecule has 0 heterocycles. The molecule has 0 spiro atoms. The van der Waals surface area contributed by atoms with Gasteiger partial charge in [-0.2, -0.15) is 0 Å². The Bertz CT molecular complexity index is 905. The van der Waals surface area contributed by atoms with E-state index in [2.05, 4.69) is 23.8 Å². The molecule has 1 rings (SSSR count). The number of nitrogens with one attached hydrogen (secondary N) is 1. The highest BCUT2D eigenvalue weighted by Crippen LogP contribution is 2.22. The molecule has 0 aliphatic rings. The van der Waals surface area contributed by atoms with E-state index in [0.29, 0.717) is 24.2 Å². The Morgan fingerprint density at radius 1 is 1.41 bits per heavy atom. The van der Waals surface area contributed by atoms with E-state index in [1.807, 2.05) is 19.3 Å². The first-order valence-corrected chi connectivity index (χ1v) is 12.0. The van der Waals surface area contributed by atoms with Crippen LogP contribution < -0.4 is 9.62 Å². The number of allylic oxidation sites excluding steroid dienone is 3. The third-order valence-corrected chi connectivity index (χ3v) is 6.18. The summed E-state index contributed by atoms with van der Waals surface area (Å²) in [5.41, 5.74) is 0.663. The average Bonchev–Trinajstić information content (AvgIpc) is 2.66. The van der Waals surface area contributed by atoms with Crippen molar-refractivity contribution in [3.8, 4) is 0 Å². The van der Waals surface area contributed by atoms with Crippen molar-refractivity contribution in [1.29, 1.82) is 0 Å². The maximum Gasteiger partial charge on any atom is 0.159 e. The fourth-order valence-electron chi connectivity index (χ4n) is 2.53. The fourth-order valence-corrected chi connectivity index (χ4v) is 4.29. The van der Waals surface area contributed by atoms with Gasteiger partial charge in [-0.1, -0.05) is 19.2 Å². The predicted molar refractivity (Wildman–Crippen MR) is 127 cm³/mol. The van der Waals surface area contributed by atoms with E-state index in [-0.39, 0.29) is 11.8 Å². The highest BCUT2D eigenvalue weighted by Gasteiger charge is 2.14. The van der Waals surface area contributed by atoms with Gasteiger partial charge in [-0.3, -0.25) is 4.79 Å². The van der Waals surface area contributed by atoms with E-state index < -0.39 is 15.5 Å². The molecule has 0 bridgehead atoms. The summed E-state index contributed by atoms with van der Waals surface area (Å²) < 4.78 is 30.1. The summed E-state index contributed by atoms with van der Waals surface area (Å²) in [5.74, 6) is 3.09. The molecule has 1 aromatic carbocycles. The lowest BCUT2D eigenvalue weighted by Gasteiger charge is -2.23. The Morgan fingerprint density at radius 2 is 2.10 bits per heavy atom. The number of Topliss-reactive ketones (excluding diaryl/α,β-unsaturated/α-hetero) is 1. The molecular weight excluding hydrogens is 407 g/mol. The van der Waals surface area contributed by atoms with Gasteiger partial charge in [0.25, 0.3) is 0 Å². The molecule has 1 aromatic rings. The number of halogens is 1. The van der Waals surface area contributed by atoms with Crippen molar-refractivity contribution in [1.82, 2.24) is 4.72 Å².